The Morgan fingerprint density at radius 2 is 1.41 bits per heavy atom. The van der Waals surface area contributed by atoms with Crippen LogP contribution in [-0.4, -0.2) is 0 Å². The third kappa shape index (κ3) is 2.98. The normalized spacial score (nSPS) is 54.9. The van der Waals surface area contributed by atoms with Crippen LogP contribution < -0.4 is 0 Å². The molecule has 0 saturated heterocycles. The van der Waals surface area contributed by atoms with Gasteiger partial charge in [-0.25, -0.2) is 0 Å². The summed E-state index contributed by atoms with van der Waals surface area (Å²) in [5, 5.41) is 0. The van der Waals surface area contributed by atoms with Gasteiger partial charge in [-0.2, -0.15) is 0 Å². The Labute approximate surface area is 200 Å². The summed E-state index contributed by atoms with van der Waals surface area (Å²) in [4.78, 5) is 0. The maximum Gasteiger partial charge on any atom is -0.0175 e. The van der Waals surface area contributed by atoms with Crippen LogP contribution >= 0.6 is 0 Å². The summed E-state index contributed by atoms with van der Waals surface area (Å²) in [6.45, 7) is 23.1. The van der Waals surface area contributed by atoms with Gasteiger partial charge in [0.15, 0.2) is 0 Å². The molecule has 0 aromatic heterocycles. The first-order valence-corrected chi connectivity index (χ1v) is 14.6. The minimum Gasteiger partial charge on any atom is -0.0999 e. The van der Waals surface area contributed by atoms with Crippen molar-refractivity contribution in [2.45, 2.75) is 126 Å². The van der Waals surface area contributed by atoms with Gasteiger partial charge < -0.3 is 0 Å². The summed E-state index contributed by atoms with van der Waals surface area (Å²) in [6.07, 6.45) is 17.8. The smallest absolute Gasteiger partial charge is 0.0175 e. The fourth-order valence-corrected chi connectivity index (χ4v) is 11.7. The number of hydrogen-bond donors (Lipinski definition) is 0. The van der Waals surface area contributed by atoms with Gasteiger partial charge in [0.05, 0.1) is 0 Å². The van der Waals surface area contributed by atoms with Crippen molar-refractivity contribution in [2.75, 3.05) is 0 Å². The Bertz CT molecular complexity index is 745. The van der Waals surface area contributed by atoms with Gasteiger partial charge in [0, 0.05) is 0 Å². The molecule has 0 N–H and O–H groups in total. The van der Waals surface area contributed by atoms with E-state index in [-0.39, 0.29) is 0 Å². The molecule has 182 valence electrons. The van der Waals surface area contributed by atoms with E-state index in [2.05, 4.69) is 55.0 Å². The molecular formula is C32H54. The third-order valence-corrected chi connectivity index (χ3v) is 14.0. The maximum atomic E-state index is 4.56. The lowest BCUT2D eigenvalue weighted by atomic mass is 9.32. The molecule has 0 amide bonds. The van der Waals surface area contributed by atoms with Gasteiger partial charge in [0.1, 0.15) is 0 Å². The highest BCUT2D eigenvalue weighted by Crippen LogP contribution is 2.76. The quantitative estimate of drug-likeness (QED) is 0.357. The van der Waals surface area contributed by atoms with E-state index in [1.54, 1.807) is 0 Å². The van der Waals surface area contributed by atoms with E-state index in [0.717, 1.165) is 41.4 Å². The first-order chi connectivity index (χ1) is 15.0. The number of fused-ring (bicyclic) bond motifs is 7. The Balaban J connectivity index is 1.53. The van der Waals surface area contributed by atoms with Crippen LogP contribution in [0.1, 0.15) is 126 Å². The van der Waals surface area contributed by atoms with Gasteiger partial charge in [0.2, 0.25) is 0 Å². The summed E-state index contributed by atoms with van der Waals surface area (Å²) >= 11 is 0. The molecule has 5 rings (SSSR count). The lowest BCUT2D eigenvalue weighted by molar-refractivity contribution is -0.236. The molecule has 32 heavy (non-hydrogen) atoms. The van der Waals surface area contributed by atoms with Crippen molar-refractivity contribution in [2.24, 2.45) is 63.1 Å². The number of rotatable bonds is 1. The van der Waals surface area contributed by atoms with Gasteiger partial charge in [0.25, 0.3) is 0 Å². The second-order valence-electron chi connectivity index (χ2n) is 15.0. The molecule has 0 aromatic rings. The van der Waals surface area contributed by atoms with Crippen LogP contribution in [0.2, 0.25) is 0 Å². The second kappa shape index (κ2) is 7.62. The molecule has 5 fully saturated rings. The van der Waals surface area contributed by atoms with E-state index in [1.165, 1.54) is 82.6 Å². The largest absolute Gasteiger partial charge is 0.0999 e. The summed E-state index contributed by atoms with van der Waals surface area (Å²) < 4.78 is 0. The predicted molar refractivity (Wildman–Crippen MR) is 138 cm³/mol. The fourth-order valence-electron chi connectivity index (χ4n) is 11.7. The van der Waals surface area contributed by atoms with E-state index < -0.39 is 0 Å². The van der Waals surface area contributed by atoms with Crippen molar-refractivity contribution in [1.29, 1.82) is 0 Å². The summed E-state index contributed by atoms with van der Waals surface area (Å²) in [6, 6.07) is 0. The van der Waals surface area contributed by atoms with Crippen LogP contribution in [0.15, 0.2) is 12.2 Å². The monoisotopic (exact) mass is 438 g/mol. The Morgan fingerprint density at radius 1 is 0.719 bits per heavy atom. The fraction of sp³-hybridized carbons (Fsp3) is 0.938. The lowest BCUT2D eigenvalue weighted by Crippen LogP contribution is -2.65. The average molecular weight is 439 g/mol. The molecule has 0 nitrogen and oxygen atoms in total. The Kier molecular flexibility index (Phi) is 5.59. The second-order valence-corrected chi connectivity index (χ2v) is 15.0. The van der Waals surface area contributed by atoms with Gasteiger partial charge in [-0.05, 0) is 128 Å². The zero-order chi connectivity index (χ0) is 23.1. The van der Waals surface area contributed by atoms with Gasteiger partial charge in [-0.15, -0.1) is 0 Å². The topological polar surface area (TPSA) is 0 Å². The molecule has 0 heteroatoms. The van der Waals surface area contributed by atoms with Crippen LogP contribution in [0.5, 0.6) is 0 Å². The van der Waals surface area contributed by atoms with Gasteiger partial charge in [-0.3, -0.25) is 0 Å². The van der Waals surface area contributed by atoms with E-state index in [1.807, 2.05) is 0 Å². The maximum absolute atomic E-state index is 4.56. The SMILES string of the molecule is C=C(C)[C@@H]1CCCC[C@H]2CC[C@]3(C)[C@H](CC[C@@H]4[C@@]5(C)CC[C@H](C)C(C)(C)[C@@H]5CC[C@]43C)C21. The molecule has 0 heterocycles. The van der Waals surface area contributed by atoms with Crippen LogP contribution in [0.4, 0.5) is 0 Å². The highest BCUT2D eigenvalue weighted by Gasteiger charge is 2.68. The van der Waals surface area contributed by atoms with Crippen LogP contribution in [0.3, 0.4) is 0 Å². The first kappa shape index (κ1) is 23.5. The van der Waals surface area contributed by atoms with E-state index in [4.69, 9.17) is 0 Å². The van der Waals surface area contributed by atoms with E-state index in [9.17, 15) is 0 Å². The van der Waals surface area contributed by atoms with Crippen LogP contribution in [0, 0.1) is 63.1 Å². The molecule has 0 aliphatic heterocycles. The minimum atomic E-state index is 0.510. The highest BCUT2D eigenvalue weighted by atomic mass is 14.7. The van der Waals surface area contributed by atoms with Crippen molar-refractivity contribution >= 4 is 0 Å². The summed E-state index contributed by atoms with van der Waals surface area (Å²) in [5.74, 6) is 6.40. The molecule has 5 aliphatic rings. The molecule has 0 bridgehead atoms. The Hall–Kier alpha value is -0.260. The lowest BCUT2D eigenvalue weighted by Gasteiger charge is -2.72. The minimum absolute atomic E-state index is 0.510. The van der Waals surface area contributed by atoms with E-state index in [0.29, 0.717) is 21.7 Å². The van der Waals surface area contributed by atoms with Crippen LogP contribution in [0.25, 0.3) is 0 Å². The van der Waals surface area contributed by atoms with Crippen molar-refractivity contribution in [1.82, 2.24) is 0 Å². The standard InChI is InChI=1S/C32H54/c1-21(2)24-12-10-9-11-23-16-19-31(7)25(28(23)24)13-14-27-30(6)18-15-22(3)29(4,5)26(30)17-20-32(27,31)8/h22-28H,1,9-20H2,2-8H3/t22-,23-,24-,25+,26-,27+,28?,30-,31+,32+/m0/s1. The zero-order valence-electron chi connectivity index (χ0n) is 22.7. The molecule has 0 spiro atoms. The average Bonchev–Trinajstić information content (AvgIpc) is 2.94. The first-order valence-electron chi connectivity index (χ1n) is 14.6. The van der Waals surface area contributed by atoms with Gasteiger partial charge >= 0.3 is 0 Å². The van der Waals surface area contributed by atoms with Gasteiger partial charge in [-0.1, -0.05) is 73.0 Å². The molecule has 5 saturated carbocycles. The van der Waals surface area contributed by atoms with Crippen LogP contribution in [-0.2, 0) is 0 Å². The molecular weight excluding hydrogens is 384 g/mol. The predicted octanol–water partition coefficient (Wildman–Crippen LogP) is 9.69. The van der Waals surface area contributed by atoms with Crippen molar-refractivity contribution in [3.63, 3.8) is 0 Å². The third-order valence-electron chi connectivity index (χ3n) is 14.0. The molecule has 10 atom stereocenters. The van der Waals surface area contributed by atoms with Crippen molar-refractivity contribution in [3.05, 3.63) is 12.2 Å². The Morgan fingerprint density at radius 3 is 2.12 bits per heavy atom. The number of hydrogen-bond acceptors (Lipinski definition) is 0. The molecule has 1 unspecified atom stereocenters. The molecule has 0 aromatic carbocycles. The zero-order valence-corrected chi connectivity index (χ0v) is 22.7. The molecule has 0 radical (unpaired) electrons. The van der Waals surface area contributed by atoms with E-state index >= 15 is 0 Å². The number of allylic oxidation sites excluding steroid dienone is 1. The highest BCUT2D eigenvalue weighted by molar-refractivity contribution is 5.18. The summed E-state index contributed by atoms with van der Waals surface area (Å²) in [5.41, 5.74) is 3.66. The summed E-state index contributed by atoms with van der Waals surface area (Å²) in [7, 11) is 0. The molecule has 5 aliphatic carbocycles. The van der Waals surface area contributed by atoms with Crippen molar-refractivity contribution < 1.29 is 0 Å². The van der Waals surface area contributed by atoms with Crippen molar-refractivity contribution in [3.8, 4) is 0 Å².